The molecule has 6 nitrogen and oxygen atoms in total. The van der Waals surface area contributed by atoms with Crippen LogP contribution in [0.25, 0.3) is 82.2 Å². The van der Waals surface area contributed by atoms with Gasteiger partial charge in [-0.2, -0.15) is 5.26 Å². The van der Waals surface area contributed by atoms with E-state index in [0.717, 1.165) is 77.3 Å². The third-order valence-corrected chi connectivity index (χ3v) is 8.23. The first-order chi connectivity index (χ1) is 22.7. The number of rotatable bonds is 4. The van der Waals surface area contributed by atoms with Gasteiger partial charge in [0, 0.05) is 22.9 Å². The van der Waals surface area contributed by atoms with Gasteiger partial charge in [-0.15, -0.1) is 4.98 Å². The normalized spacial score (nSPS) is 11.0. The van der Waals surface area contributed by atoms with Gasteiger partial charge in [0.15, 0.2) is 0 Å². The van der Waals surface area contributed by atoms with Crippen LogP contribution in [0.5, 0.6) is 0 Å². The van der Waals surface area contributed by atoms with E-state index in [4.69, 9.17) is 16.5 Å². The largest absolute Gasteiger partial charge is 0.361 e. The molecule has 4 aromatic carbocycles. The topological polar surface area (TPSA) is 79.7 Å². The van der Waals surface area contributed by atoms with E-state index >= 15 is 0 Å². The molecule has 0 radical (unpaired) electrons. The first kappa shape index (κ1) is 26.8. The summed E-state index contributed by atoms with van der Waals surface area (Å²) < 4.78 is 0. The molecular formula is C40H22N6. The molecule has 0 fully saturated rings. The van der Waals surface area contributed by atoms with Crippen LogP contribution in [-0.2, 0) is 0 Å². The molecule has 0 saturated heterocycles. The van der Waals surface area contributed by atoms with Crippen LogP contribution in [0.4, 0.5) is 5.82 Å². The predicted octanol–water partition coefficient (Wildman–Crippen LogP) is 9.82. The molecule has 0 aliphatic heterocycles. The number of hydrogen-bond acceptors (Lipinski definition) is 5. The van der Waals surface area contributed by atoms with Crippen molar-refractivity contribution in [2.24, 2.45) is 0 Å². The minimum absolute atomic E-state index is 0.335. The lowest BCUT2D eigenvalue weighted by molar-refractivity contribution is 1.25. The maximum Gasteiger partial charge on any atom is 0.270 e. The highest BCUT2D eigenvalue weighted by Crippen LogP contribution is 2.44. The summed E-state index contributed by atoms with van der Waals surface area (Å²) in [5.41, 5.74) is 7.31. The minimum atomic E-state index is 0.335. The fourth-order valence-electron chi connectivity index (χ4n) is 6.17. The number of nitrogens with zero attached hydrogens (tertiary/aromatic N) is 6. The molecular weight excluding hydrogens is 564 g/mol. The molecule has 0 spiro atoms. The van der Waals surface area contributed by atoms with Crippen molar-refractivity contribution >= 4 is 38.1 Å². The predicted molar refractivity (Wildman–Crippen MR) is 183 cm³/mol. The van der Waals surface area contributed by atoms with Crippen molar-refractivity contribution in [1.29, 1.82) is 5.26 Å². The average molecular weight is 587 g/mol. The first-order valence-corrected chi connectivity index (χ1v) is 14.7. The molecule has 212 valence electrons. The van der Waals surface area contributed by atoms with Crippen molar-refractivity contribution in [3.63, 3.8) is 0 Å². The summed E-state index contributed by atoms with van der Waals surface area (Å²) in [6, 6.07) is 42.8. The van der Waals surface area contributed by atoms with Crippen LogP contribution in [0.1, 0.15) is 5.69 Å². The molecule has 0 amide bonds. The summed E-state index contributed by atoms with van der Waals surface area (Å²) in [4.78, 5) is 22.1. The lowest BCUT2D eigenvalue weighted by Crippen LogP contribution is -1.96. The summed E-state index contributed by atoms with van der Waals surface area (Å²) >= 11 is 0. The van der Waals surface area contributed by atoms with E-state index in [2.05, 4.69) is 81.5 Å². The van der Waals surface area contributed by atoms with Crippen LogP contribution in [0.15, 0.2) is 134 Å². The fourth-order valence-corrected chi connectivity index (χ4v) is 6.17. The van der Waals surface area contributed by atoms with E-state index in [1.165, 1.54) is 0 Å². The number of hydrogen-bond donors (Lipinski definition) is 0. The zero-order valence-corrected chi connectivity index (χ0v) is 24.4. The van der Waals surface area contributed by atoms with Crippen LogP contribution >= 0.6 is 0 Å². The SMILES string of the molecule is [C-]#[N+]c1cc(-c2cccc(-c3c4ccccc4c(-c4cccc(-c5ccnc(C#N)c5)n4)c4cc5ccccc5cc34)n2)ccn1. The molecule has 4 heterocycles. The molecule has 0 atom stereocenters. The highest BCUT2D eigenvalue weighted by atomic mass is 14.9. The molecule has 0 saturated carbocycles. The zero-order valence-electron chi connectivity index (χ0n) is 24.4. The third kappa shape index (κ3) is 4.59. The Morgan fingerprint density at radius 1 is 0.522 bits per heavy atom. The summed E-state index contributed by atoms with van der Waals surface area (Å²) in [6.45, 7) is 7.42. The van der Waals surface area contributed by atoms with E-state index in [1.54, 1.807) is 24.5 Å². The molecule has 0 unspecified atom stereocenters. The summed E-state index contributed by atoms with van der Waals surface area (Å²) in [6.07, 6.45) is 3.29. The smallest absolute Gasteiger partial charge is 0.270 e. The monoisotopic (exact) mass is 586 g/mol. The van der Waals surface area contributed by atoms with E-state index in [1.807, 2.05) is 48.5 Å². The Morgan fingerprint density at radius 3 is 1.61 bits per heavy atom. The standard InChI is InChI=1S/C40H22N6/c1-42-38-23-28(17-19-44-38)35-13-7-15-37(46-35)40-31-11-5-4-10-30(31)39(32-21-25-8-2-3-9-26(25)22-33(32)40)36-14-6-12-34(45-36)27-16-18-43-29(20-27)24-41/h2-23H. The van der Waals surface area contributed by atoms with Gasteiger partial charge in [0.1, 0.15) is 18.0 Å². The Hall–Kier alpha value is -6.76. The lowest BCUT2D eigenvalue weighted by atomic mass is 9.87. The molecule has 6 heteroatoms. The van der Waals surface area contributed by atoms with Crippen LogP contribution < -0.4 is 0 Å². The van der Waals surface area contributed by atoms with Gasteiger partial charge in [-0.05, 0) is 98.5 Å². The number of benzene rings is 4. The van der Waals surface area contributed by atoms with Crippen molar-refractivity contribution in [3.05, 3.63) is 151 Å². The molecule has 8 aromatic rings. The molecule has 0 bridgehead atoms. The van der Waals surface area contributed by atoms with E-state index in [9.17, 15) is 5.26 Å². The molecule has 8 rings (SSSR count). The maximum absolute atomic E-state index is 9.44. The van der Waals surface area contributed by atoms with Gasteiger partial charge in [-0.25, -0.2) is 15.0 Å². The van der Waals surface area contributed by atoms with E-state index in [-0.39, 0.29) is 0 Å². The summed E-state index contributed by atoms with van der Waals surface area (Å²) in [5.74, 6) is 0.335. The second-order valence-corrected chi connectivity index (χ2v) is 10.9. The van der Waals surface area contributed by atoms with Gasteiger partial charge < -0.3 is 4.85 Å². The minimum Gasteiger partial charge on any atom is -0.361 e. The van der Waals surface area contributed by atoms with Crippen molar-refractivity contribution < 1.29 is 0 Å². The molecule has 0 aliphatic carbocycles. The number of fused-ring (bicyclic) bond motifs is 3. The van der Waals surface area contributed by atoms with E-state index < -0.39 is 0 Å². The van der Waals surface area contributed by atoms with Crippen LogP contribution in [0.2, 0.25) is 0 Å². The lowest BCUT2D eigenvalue weighted by Gasteiger charge is -2.18. The molecule has 46 heavy (non-hydrogen) atoms. The highest BCUT2D eigenvalue weighted by molar-refractivity contribution is 6.23. The third-order valence-electron chi connectivity index (χ3n) is 8.23. The number of nitriles is 1. The van der Waals surface area contributed by atoms with Crippen molar-refractivity contribution in [1.82, 2.24) is 19.9 Å². The molecule has 0 N–H and O–H groups in total. The summed E-state index contributed by atoms with van der Waals surface area (Å²) in [5, 5.41) is 16.0. The van der Waals surface area contributed by atoms with Crippen LogP contribution in [0.3, 0.4) is 0 Å². The van der Waals surface area contributed by atoms with Crippen LogP contribution in [-0.4, -0.2) is 19.9 Å². The molecule has 0 aliphatic rings. The average Bonchev–Trinajstić information content (AvgIpc) is 3.13. The van der Waals surface area contributed by atoms with Gasteiger partial charge in [-0.3, -0.25) is 0 Å². The van der Waals surface area contributed by atoms with Gasteiger partial charge in [0.2, 0.25) is 0 Å². The zero-order chi connectivity index (χ0) is 31.0. The highest BCUT2D eigenvalue weighted by Gasteiger charge is 2.20. The van der Waals surface area contributed by atoms with Crippen molar-refractivity contribution in [2.45, 2.75) is 0 Å². The Balaban J connectivity index is 1.44. The van der Waals surface area contributed by atoms with Gasteiger partial charge >= 0.3 is 0 Å². The van der Waals surface area contributed by atoms with Crippen LogP contribution in [0, 0.1) is 17.9 Å². The maximum atomic E-state index is 9.44. The summed E-state index contributed by atoms with van der Waals surface area (Å²) in [7, 11) is 0. The Bertz CT molecular complexity index is 2400. The second kappa shape index (κ2) is 11.1. The Kier molecular flexibility index (Phi) is 6.45. The number of aromatic nitrogens is 4. The number of pyridine rings is 4. The van der Waals surface area contributed by atoms with Crippen molar-refractivity contribution in [3.8, 4) is 51.1 Å². The van der Waals surface area contributed by atoms with Gasteiger partial charge in [-0.1, -0.05) is 67.2 Å². The van der Waals surface area contributed by atoms with E-state index in [0.29, 0.717) is 11.5 Å². The Morgan fingerprint density at radius 2 is 1.04 bits per heavy atom. The second-order valence-electron chi connectivity index (χ2n) is 10.9. The first-order valence-electron chi connectivity index (χ1n) is 14.7. The Labute approximate surface area is 264 Å². The molecule has 4 aromatic heterocycles. The fraction of sp³-hybridized carbons (Fsp3) is 0. The van der Waals surface area contributed by atoms with Crippen molar-refractivity contribution in [2.75, 3.05) is 0 Å². The van der Waals surface area contributed by atoms with Gasteiger partial charge in [0.25, 0.3) is 5.82 Å². The quantitative estimate of drug-likeness (QED) is 0.151. The van der Waals surface area contributed by atoms with Gasteiger partial charge in [0.05, 0.1) is 22.8 Å².